The third-order valence-electron chi connectivity index (χ3n) is 4.27. The normalized spacial score (nSPS) is 22.2. The molecule has 1 unspecified atom stereocenters. The van der Waals surface area contributed by atoms with Gasteiger partial charge in [-0.2, -0.15) is 0 Å². The second kappa shape index (κ2) is 4.10. The molecule has 1 heterocycles. The Labute approximate surface area is 116 Å². The highest BCUT2D eigenvalue weighted by Crippen LogP contribution is 2.48. The first kappa shape index (κ1) is 12.7. The van der Waals surface area contributed by atoms with Gasteiger partial charge in [0.05, 0.1) is 16.1 Å². The fourth-order valence-electron chi connectivity index (χ4n) is 3.22. The number of hydrogen-bond donors (Lipinski definition) is 1. The monoisotopic (exact) mass is 281 g/mol. The Morgan fingerprint density at radius 3 is 2.84 bits per heavy atom. The second-order valence-corrected chi connectivity index (χ2v) is 6.40. The summed E-state index contributed by atoms with van der Waals surface area (Å²) in [7, 11) is 0. The standard InChI is InChI=1S/C14H17ClFN3/c1-14(2)5-3-4-12(14)19-11-7-9(16)8(15)6-10(11)18-13(19)17/h6-7,12H,3-5H2,1-2H3,(H2,17,18). The van der Waals surface area contributed by atoms with Crippen molar-refractivity contribution in [1.82, 2.24) is 9.55 Å². The summed E-state index contributed by atoms with van der Waals surface area (Å²) in [6.07, 6.45) is 3.35. The van der Waals surface area contributed by atoms with E-state index >= 15 is 0 Å². The van der Waals surface area contributed by atoms with Crippen LogP contribution in [-0.2, 0) is 0 Å². The molecule has 3 nitrogen and oxygen atoms in total. The van der Waals surface area contributed by atoms with Gasteiger partial charge in [-0.25, -0.2) is 9.37 Å². The molecule has 1 aliphatic rings. The number of benzene rings is 1. The number of fused-ring (bicyclic) bond motifs is 1. The maximum Gasteiger partial charge on any atom is 0.201 e. The number of anilines is 1. The molecular weight excluding hydrogens is 265 g/mol. The SMILES string of the molecule is CC1(C)CCCC1n1c(N)nc2cc(Cl)c(F)cc21. The van der Waals surface area contributed by atoms with Gasteiger partial charge in [-0.1, -0.05) is 31.9 Å². The lowest BCUT2D eigenvalue weighted by Gasteiger charge is -2.29. The molecule has 1 aliphatic carbocycles. The predicted octanol–water partition coefficient (Wildman–Crippen LogP) is 4.16. The van der Waals surface area contributed by atoms with E-state index in [0.29, 0.717) is 11.5 Å². The van der Waals surface area contributed by atoms with Crippen LogP contribution in [0.5, 0.6) is 0 Å². The van der Waals surface area contributed by atoms with Crippen LogP contribution in [0.15, 0.2) is 12.1 Å². The molecule has 2 N–H and O–H groups in total. The zero-order valence-corrected chi connectivity index (χ0v) is 11.8. The van der Waals surface area contributed by atoms with Gasteiger partial charge < -0.3 is 10.3 Å². The number of halogens is 2. The summed E-state index contributed by atoms with van der Waals surface area (Å²) < 4.78 is 15.7. The molecule has 102 valence electrons. The van der Waals surface area contributed by atoms with Crippen molar-refractivity contribution in [1.29, 1.82) is 0 Å². The number of imidazole rings is 1. The number of aromatic nitrogens is 2. The molecule has 3 rings (SSSR count). The van der Waals surface area contributed by atoms with Gasteiger partial charge in [0.1, 0.15) is 5.82 Å². The van der Waals surface area contributed by atoms with Crippen molar-refractivity contribution >= 4 is 28.6 Å². The highest BCUT2D eigenvalue weighted by atomic mass is 35.5. The molecule has 0 amide bonds. The van der Waals surface area contributed by atoms with Gasteiger partial charge in [0.15, 0.2) is 0 Å². The molecule has 1 aromatic carbocycles. The molecule has 1 aromatic heterocycles. The van der Waals surface area contributed by atoms with E-state index in [1.165, 1.54) is 6.07 Å². The van der Waals surface area contributed by atoms with Crippen molar-refractivity contribution in [2.45, 2.75) is 39.2 Å². The largest absolute Gasteiger partial charge is 0.369 e. The molecule has 0 bridgehead atoms. The van der Waals surface area contributed by atoms with Gasteiger partial charge in [-0.05, 0) is 24.3 Å². The topological polar surface area (TPSA) is 43.8 Å². The van der Waals surface area contributed by atoms with Crippen LogP contribution in [0.2, 0.25) is 5.02 Å². The first-order valence-electron chi connectivity index (χ1n) is 6.52. The van der Waals surface area contributed by atoms with Crippen LogP contribution >= 0.6 is 11.6 Å². The summed E-state index contributed by atoms with van der Waals surface area (Å²) in [5.74, 6) is 0.0164. The first-order valence-corrected chi connectivity index (χ1v) is 6.90. The van der Waals surface area contributed by atoms with Crippen molar-refractivity contribution < 1.29 is 4.39 Å². The lowest BCUT2D eigenvalue weighted by Crippen LogP contribution is -2.22. The van der Waals surface area contributed by atoms with Crippen molar-refractivity contribution in [3.8, 4) is 0 Å². The number of nitrogens with zero attached hydrogens (tertiary/aromatic N) is 2. The van der Waals surface area contributed by atoms with Crippen LogP contribution in [0.1, 0.15) is 39.2 Å². The third kappa shape index (κ3) is 1.89. The van der Waals surface area contributed by atoms with Gasteiger partial charge in [0.25, 0.3) is 0 Å². The number of hydrogen-bond acceptors (Lipinski definition) is 2. The van der Waals surface area contributed by atoms with E-state index < -0.39 is 5.82 Å². The van der Waals surface area contributed by atoms with E-state index in [-0.39, 0.29) is 16.5 Å². The van der Waals surface area contributed by atoms with Crippen molar-refractivity contribution in [2.24, 2.45) is 5.41 Å². The van der Waals surface area contributed by atoms with E-state index in [1.54, 1.807) is 6.07 Å². The summed E-state index contributed by atoms with van der Waals surface area (Å²) in [6, 6.07) is 3.24. The quantitative estimate of drug-likeness (QED) is 0.853. The Hall–Kier alpha value is -1.29. The van der Waals surface area contributed by atoms with Crippen LogP contribution in [0.25, 0.3) is 11.0 Å². The minimum Gasteiger partial charge on any atom is -0.369 e. The minimum atomic E-state index is -0.425. The smallest absolute Gasteiger partial charge is 0.201 e. The van der Waals surface area contributed by atoms with Crippen LogP contribution < -0.4 is 5.73 Å². The Morgan fingerprint density at radius 2 is 2.21 bits per heavy atom. The second-order valence-electron chi connectivity index (χ2n) is 5.99. The maximum atomic E-state index is 13.7. The zero-order valence-electron chi connectivity index (χ0n) is 11.1. The Morgan fingerprint density at radius 1 is 1.47 bits per heavy atom. The molecule has 5 heteroatoms. The molecular formula is C14H17ClFN3. The Kier molecular flexibility index (Phi) is 2.75. The van der Waals surface area contributed by atoms with E-state index in [2.05, 4.69) is 18.8 Å². The van der Waals surface area contributed by atoms with E-state index in [0.717, 1.165) is 24.8 Å². The molecule has 1 fully saturated rings. The van der Waals surface area contributed by atoms with Crippen molar-refractivity contribution in [3.63, 3.8) is 0 Å². The predicted molar refractivity (Wildman–Crippen MR) is 75.8 cm³/mol. The van der Waals surface area contributed by atoms with Crippen molar-refractivity contribution in [2.75, 3.05) is 5.73 Å². The summed E-state index contributed by atoms with van der Waals surface area (Å²) in [5, 5.41) is 0.0860. The average Bonchev–Trinajstić information content (AvgIpc) is 2.79. The molecule has 0 aliphatic heterocycles. The average molecular weight is 282 g/mol. The van der Waals surface area contributed by atoms with Crippen LogP contribution in [0, 0.1) is 11.2 Å². The Balaban J connectivity index is 2.23. The first-order chi connectivity index (χ1) is 8.90. The van der Waals surface area contributed by atoms with Crippen LogP contribution in [-0.4, -0.2) is 9.55 Å². The lowest BCUT2D eigenvalue weighted by molar-refractivity contribution is 0.268. The van der Waals surface area contributed by atoms with Gasteiger partial charge in [0, 0.05) is 12.1 Å². The van der Waals surface area contributed by atoms with E-state index in [1.807, 2.05) is 4.57 Å². The summed E-state index contributed by atoms with van der Waals surface area (Å²) in [4.78, 5) is 4.31. The molecule has 19 heavy (non-hydrogen) atoms. The van der Waals surface area contributed by atoms with E-state index in [9.17, 15) is 4.39 Å². The van der Waals surface area contributed by atoms with Gasteiger partial charge in [-0.15, -0.1) is 0 Å². The minimum absolute atomic E-state index is 0.0860. The number of nitrogens with two attached hydrogens (primary N) is 1. The number of nitrogen functional groups attached to an aromatic ring is 1. The Bertz CT molecular complexity index is 648. The molecule has 0 saturated heterocycles. The van der Waals surface area contributed by atoms with Gasteiger partial charge in [-0.3, -0.25) is 0 Å². The van der Waals surface area contributed by atoms with Crippen LogP contribution in [0.3, 0.4) is 0 Å². The maximum absolute atomic E-state index is 13.7. The van der Waals surface area contributed by atoms with E-state index in [4.69, 9.17) is 17.3 Å². The fraction of sp³-hybridized carbons (Fsp3) is 0.500. The fourth-order valence-corrected chi connectivity index (χ4v) is 3.38. The molecule has 2 aromatic rings. The van der Waals surface area contributed by atoms with Crippen molar-refractivity contribution in [3.05, 3.63) is 23.0 Å². The molecule has 0 spiro atoms. The highest BCUT2D eigenvalue weighted by Gasteiger charge is 2.37. The molecule has 1 saturated carbocycles. The highest BCUT2D eigenvalue weighted by molar-refractivity contribution is 6.31. The van der Waals surface area contributed by atoms with Gasteiger partial charge in [0.2, 0.25) is 5.95 Å². The lowest BCUT2D eigenvalue weighted by atomic mass is 9.87. The summed E-state index contributed by atoms with van der Waals surface area (Å²) >= 11 is 5.80. The molecule has 0 radical (unpaired) electrons. The zero-order chi connectivity index (χ0) is 13.8. The summed E-state index contributed by atoms with van der Waals surface area (Å²) in [6.45, 7) is 4.45. The van der Waals surface area contributed by atoms with Gasteiger partial charge >= 0.3 is 0 Å². The van der Waals surface area contributed by atoms with Crippen LogP contribution in [0.4, 0.5) is 10.3 Å². The number of rotatable bonds is 1. The molecule has 1 atom stereocenters. The summed E-state index contributed by atoms with van der Waals surface area (Å²) in [5.41, 5.74) is 7.59. The third-order valence-corrected chi connectivity index (χ3v) is 4.56.